The van der Waals surface area contributed by atoms with Crippen LogP contribution in [0.3, 0.4) is 0 Å². The maximum atomic E-state index is 14.0. The molecule has 4 heterocycles. The zero-order valence-corrected chi connectivity index (χ0v) is 23.2. The number of pyridine rings is 1. The molecule has 0 radical (unpaired) electrons. The van der Waals surface area contributed by atoms with Gasteiger partial charge in [-0.25, -0.2) is 4.98 Å². The number of likely N-dealkylation sites (N-methyl/N-ethyl adjacent to an activating group) is 1. The molecule has 0 saturated carbocycles. The molecule has 0 unspecified atom stereocenters. The molecule has 0 spiro atoms. The summed E-state index contributed by atoms with van der Waals surface area (Å²) in [5.41, 5.74) is 1.65. The van der Waals surface area contributed by atoms with Crippen LogP contribution in [0.15, 0.2) is 79.3 Å². The van der Waals surface area contributed by atoms with Gasteiger partial charge in [-0.1, -0.05) is 12.1 Å². The summed E-state index contributed by atoms with van der Waals surface area (Å²) in [5, 5.41) is 2.60. The molecule has 2 aromatic carbocycles. The number of alkyl halides is 3. The first-order chi connectivity index (χ1) is 20.7. The molecule has 12 heteroatoms. The van der Waals surface area contributed by atoms with Crippen molar-refractivity contribution in [2.75, 3.05) is 38.5 Å². The van der Waals surface area contributed by atoms with Crippen molar-refractivity contribution in [2.45, 2.75) is 12.7 Å². The minimum atomic E-state index is -4.56. The molecular formula is C31H28F3N7O2. The molecule has 6 rings (SSSR count). The van der Waals surface area contributed by atoms with Gasteiger partial charge < -0.3 is 19.9 Å². The van der Waals surface area contributed by atoms with Gasteiger partial charge in [-0.05, 0) is 61.1 Å². The van der Waals surface area contributed by atoms with Gasteiger partial charge in [-0.3, -0.25) is 14.7 Å². The molecule has 0 aliphatic carbocycles. The fraction of sp³-hybridized carbons (Fsp3) is 0.226. The molecule has 2 N–H and O–H groups in total. The van der Waals surface area contributed by atoms with Crippen LogP contribution >= 0.6 is 0 Å². The zero-order chi connectivity index (χ0) is 30.0. The normalized spacial score (nSPS) is 14.6. The highest BCUT2D eigenvalue weighted by Gasteiger charge is 2.34. The first-order valence-corrected chi connectivity index (χ1v) is 13.7. The Balaban J connectivity index is 1.21. The number of ether oxygens (including phenoxy) is 1. The fourth-order valence-electron chi connectivity index (χ4n) is 4.94. The molecular weight excluding hydrogens is 559 g/mol. The lowest BCUT2D eigenvalue weighted by atomic mass is 10.0. The number of nitrogens with one attached hydrogen (secondary N) is 2. The molecule has 3 aromatic heterocycles. The van der Waals surface area contributed by atoms with E-state index in [1.54, 1.807) is 55.0 Å². The summed E-state index contributed by atoms with van der Waals surface area (Å²) in [6.07, 6.45) is 0.438. The molecule has 43 heavy (non-hydrogen) atoms. The number of amides is 1. The third-order valence-electron chi connectivity index (χ3n) is 7.28. The Kier molecular flexibility index (Phi) is 7.78. The van der Waals surface area contributed by atoms with Crippen LogP contribution in [0, 0.1) is 0 Å². The standard InChI is InChI=1S/C31H28F3N7O2/c1-40-13-15-41(16-14-40)19-22-5-6-23(18-25(22)31(32,33)34)37-29(42)21-3-2-4-24(17-21)43-30-27-26(9-12-36-27)38-28(39-30)20-7-10-35-11-8-20/h2-12,17-18,36H,13-16,19H2,1H3,(H,37,42). The molecule has 0 bridgehead atoms. The lowest BCUT2D eigenvalue weighted by molar-refractivity contribution is -0.138. The van der Waals surface area contributed by atoms with E-state index in [-0.39, 0.29) is 29.2 Å². The van der Waals surface area contributed by atoms with Gasteiger partial charge in [-0.15, -0.1) is 0 Å². The topological polar surface area (TPSA) is 99.3 Å². The van der Waals surface area contributed by atoms with Crippen molar-refractivity contribution in [1.82, 2.24) is 29.7 Å². The van der Waals surface area contributed by atoms with Gasteiger partial charge in [0.15, 0.2) is 5.82 Å². The third kappa shape index (κ3) is 6.50. The molecule has 220 valence electrons. The van der Waals surface area contributed by atoms with E-state index in [0.29, 0.717) is 35.7 Å². The van der Waals surface area contributed by atoms with Crippen LogP contribution in [0.4, 0.5) is 18.9 Å². The number of piperazine rings is 1. The van der Waals surface area contributed by atoms with Crippen LogP contribution in [0.5, 0.6) is 11.6 Å². The van der Waals surface area contributed by atoms with Crippen molar-refractivity contribution in [3.8, 4) is 23.0 Å². The predicted octanol–water partition coefficient (Wildman–Crippen LogP) is 5.83. The summed E-state index contributed by atoms with van der Waals surface area (Å²) in [7, 11) is 1.99. The van der Waals surface area contributed by atoms with Crippen LogP contribution in [0.25, 0.3) is 22.4 Å². The van der Waals surface area contributed by atoms with E-state index in [1.165, 1.54) is 18.2 Å². The molecule has 5 aromatic rings. The van der Waals surface area contributed by atoms with E-state index < -0.39 is 17.6 Å². The van der Waals surface area contributed by atoms with Gasteiger partial charge >= 0.3 is 6.18 Å². The lowest BCUT2D eigenvalue weighted by Gasteiger charge is -2.33. The van der Waals surface area contributed by atoms with Crippen LogP contribution in [-0.4, -0.2) is 68.9 Å². The Labute approximate surface area is 245 Å². The molecule has 1 amide bonds. The number of hydrogen-bond donors (Lipinski definition) is 2. The fourth-order valence-corrected chi connectivity index (χ4v) is 4.94. The van der Waals surface area contributed by atoms with Crippen molar-refractivity contribution >= 4 is 22.6 Å². The molecule has 1 fully saturated rings. The third-order valence-corrected chi connectivity index (χ3v) is 7.28. The van der Waals surface area contributed by atoms with Crippen molar-refractivity contribution < 1.29 is 22.7 Å². The van der Waals surface area contributed by atoms with E-state index in [2.05, 4.69) is 30.2 Å². The SMILES string of the molecule is CN1CCN(Cc2ccc(NC(=O)c3cccc(Oc4nc(-c5ccncc5)nc5cc[nH]c45)c3)cc2C(F)(F)F)CC1. The Morgan fingerprint density at radius 2 is 1.79 bits per heavy atom. The van der Waals surface area contributed by atoms with E-state index >= 15 is 0 Å². The summed E-state index contributed by atoms with van der Waals surface area (Å²) < 4.78 is 48.1. The highest BCUT2D eigenvalue weighted by molar-refractivity contribution is 6.04. The molecule has 1 saturated heterocycles. The number of nitrogens with zero attached hydrogens (tertiary/aromatic N) is 5. The van der Waals surface area contributed by atoms with Gasteiger partial charge in [0.25, 0.3) is 5.91 Å². The second-order valence-electron chi connectivity index (χ2n) is 10.4. The van der Waals surface area contributed by atoms with Crippen LogP contribution in [0.2, 0.25) is 0 Å². The smallest absolute Gasteiger partial charge is 0.416 e. The van der Waals surface area contributed by atoms with Crippen molar-refractivity contribution in [2.24, 2.45) is 0 Å². The second-order valence-corrected chi connectivity index (χ2v) is 10.4. The predicted molar refractivity (Wildman–Crippen MR) is 156 cm³/mol. The van der Waals surface area contributed by atoms with E-state index in [4.69, 9.17) is 4.74 Å². The number of aromatic nitrogens is 4. The van der Waals surface area contributed by atoms with Gasteiger partial charge in [0, 0.05) is 68.1 Å². The average molecular weight is 588 g/mol. The van der Waals surface area contributed by atoms with Crippen molar-refractivity contribution in [3.63, 3.8) is 0 Å². The number of aromatic amines is 1. The van der Waals surface area contributed by atoms with Crippen LogP contribution in [0.1, 0.15) is 21.5 Å². The maximum Gasteiger partial charge on any atom is 0.416 e. The van der Waals surface area contributed by atoms with Crippen LogP contribution in [-0.2, 0) is 12.7 Å². The number of hydrogen-bond acceptors (Lipinski definition) is 7. The Morgan fingerprint density at radius 1 is 1.00 bits per heavy atom. The zero-order valence-electron chi connectivity index (χ0n) is 23.2. The maximum absolute atomic E-state index is 14.0. The minimum absolute atomic E-state index is 0.0525. The quantitative estimate of drug-likeness (QED) is 0.247. The van der Waals surface area contributed by atoms with Gasteiger partial charge in [0.2, 0.25) is 5.88 Å². The highest BCUT2D eigenvalue weighted by atomic mass is 19.4. The van der Waals surface area contributed by atoms with Gasteiger partial charge in [0.05, 0.1) is 11.1 Å². The Bertz CT molecular complexity index is 1750. The highest BCUT2D eigenvalue weighted by Crippen LogP contribution is 2.35. The number of fused-ring (bicyclic) bond motifs is 1. The number of H-pyrrole nitrogens is 1. The Hall–Kier alpha value is -4.81. The number of carbonyl (C=O) groups is 1. The van der Waals surface area contributed by atoms with Crippen LogP contribution < -0.4 is 10.1 Å². The van der Waals surface area contributed by atoms with Gasteiger partial charge in [0.1, 0.15) is 11.3 Å². The van der Waals surface area contributed by atoms with E-state index in [9.17, 15) is 18.0 Å². The summed E-state index contributed by atoms with van der Waals surface area (Å²) in [4.78, 5) is 33.5. The largest absolute Gasteiger partial charge is 0.437 e. The summed E-state index contributed by atoms with van der Waals surface area (Å²) in [6.45, 7) is 3.19. The lowest BCUT2D eigenvalue weighted by Crippen LogP contribution is -2.44. The van der Waals surface area contributed by atoms with Crippen molar-refractivity contribution in [3.05, 3.63) is 95.9 Å². The molecule has 9 nitrogen and oxygen atoms in total. The summed E-state index contributed by atoms with van der Waals surface area (Å²) >= 11 is 0. The molecule has 1 aliphatic rings. The number of halogens is 3. The number of rotatable bonds is 7. The number of carbonyl (C=O) groups excluding carboxylic acids is 1. The average Bonchev–Trinajstić information content (AvgIpc) is 3.48. The van der Waals surface area contributed by atoms with Gasteiger partial charge in [-0.2, -0.15) is 18.2 Å². The first-order valence-electron chi connectivity index (χ1n) is 13.7. The first kappa shape index (κ1) is 28.3. The summed E-state index contributed by atoms with van der Waals surface area (Å²) in [6, 6.07) is 15.6. The van der Waals surface area contributed by atoms with E-state index in [1.807, 2.05) is 11.9 Å². The second kappa shape index (κ2) is 11.8. The number of anilines is 1. The Morgan fingerprint density at radius 3 is 2.56 bits per heavy atom. The molecule has 0 atom stereocenters. The summed E-state index contributed by atoms with van der Waals surface area (Å²) in [5.74, 6) is 0.442. The van der Waals surface area contributed by atoms with E-state index in [0.717, 1.165) is 24.7 Å². The van der Waals surface area contributed by atoms with Crippen molar-refractivity contribution in [1.29, 1.82) is 0 Å². The number of benzene rings is 2. The minimum Gasteiger partial charge on any atom is -0.437 e. The monoisotopic (exact) mass is 587 g/mol. The molecule has 1 aliphatic heterocycles.